The van der Waals surface area contributed by atoms with Crippen LogP contribution in [0.15, 0.2) is 132 Å². The zero-order chi connectivity index (χ0) is 81.2. The molecule has 8 aromatic rings. The van der Waals surface area contributed by atoms with Crippen LogP contribution in [0.1, 0.15) is 141 Å². The number of anilines is 4. The molecule has 0 bridgehead atoms. The average molecular weight is 1580 g/mol. The molecular weight excluding hydrogens is 1480 g/mol. The van der Waals surface area contributed by atoms with Crippen LogP contribution in [0.5, 0.6) is 5.75 Å². The molecule has 113 heavy (non-hydrogen) atoms. The maximum atomic E-state index is 15.7. The lowest BCUT2D eigenvalue weighted by Gasteiger charge is -2.64. The molecule has 1 aliphatic carbocycles. The molecule has 3 aromatic heterocycles. The van der Waals surface area contributed by atoms with E-state index in [2.05, 4.69) is 87.6 Å². The van der Waals surface area contributed by atoms with Crippen molar-refractivity contribution in [2.45, 2.75) is 177 Å². The van der Waals surface area contributed by atoms with Gasteiger partial charge in [-0.1, -0.05) is 75.4 Å². The minimum Gasteiger partial charge on any atom is -0.496 e. The number of nitrogens with one attached hydrogen (secondary N) is 7. The number of carbonyl (C=O) groups excluding carboxylic acids is 4. The third kappa shape index (κ3) is 15.9. The fraction of sp³-hybridized carbons (Fsp3) is 0.446. The molecule has 2 fully saturated rings. The number of para-hydroxylation sites is 1. The van der Waals surface area contributed by atoms with Gasteiger partial charge in [-0.25, -0.2) is 14.8 Å². The number of ether oxygens (including phenoxy) is 2. The highest BCUT2D eigenvalue weighted by molar-refractivity contribution is 6.97. The number of amides is 3. The number of aliphatic hydroxyl groups excluding tert-OH is 1. The summed E-state index contributed by atoms with van der Waals surface area (Å²) in [5.74, 6) is -4.09. The van der Waals surface area contributed by atoms with E-state index in [9.17, 15) is 54.3 Å². The number of likely N-dealkylation sites (N-methyl/N-ethyl adjacent to an activating group) is 2. The lowest BCUT2D eigenvalue weighted by molar-refractivity contribution is -0.196. The van der Waals surface area contributed by atoms with Crippen molar-refractivity contribution in [3.63, 3.8) is 0 Å². The van der Waals surface area contributed by atoms with Crippen molar-refractivity contribution < 1.29 is 67.9 Å². The predicted octanol–water partition coefficient (Wildman–Crippen LogP) is 7.35. The smallest absolute Gasteiger partial charge is 0.326 e. The van der Waals surface area contributed by atoms with Crippen LogP contribution in [-0.4, -0.2) is 197 Å². The highest BCUT2D eigenvalue weighted by Crippen LogP contribution is 2.67. The van der Waals surface area contributed by atoms with Crippen molar-refractivity contribution in [2.75, 3.05) is 75.3 Å². The monoisotopic (exact) mass is 1580 g/mol. The van der Waals surface area contributed by atoms with Crippen LogP contribution < -0.4 is 57.9 Å². The van der Waals surface area contributed by atoms with Crippen LogP contribution in [0, 0.1) is 5.41 Å². The quantitative estimate of drug-likeness (QED) is 0.00798. The summed E-state index contributed by atoms with van der Waals surface area (Å²) in [6.45, 7) is 16.4. The summed E-state index contributed by atoms with van der Waals surface area (Å²) in [5.41, 5.74) is 5.34. The number of H-pyrrole nitrogens is 2. The van der Waals surface area contributed by atoms with Gasteiger partial charge in [-0.3, -0.25) is 38.7 Å². The maximum absolute atomic E-state index is 15.7. The molecule has 0 radical (unpaired) electrons. The number of carboxylic acids is 2. The number of carboxylic acid groups (broad SMARTS) is 2. The third-order valence-electron chi connectivity index (χ3n) is 24.2. The molecule has 1 spiro atoms. The van der Waals surface area contributed by atoms with Crippen LogP contribution in [0.4, 0.5) is 23.0 Å². The van der Waals surface area contributed by atoms with Crippen molar-refractivity contribution in [1.82, 2.24) is 45.8 Å². The second-order valence-corrected chi connectivity index (χ2v) is 39.5. The van der Waals surface area contributed by atoms with Crippen LogP contribution in [0.25, 0.3) is 22.1 Å². The van der Waals surface area contributed by atoms with E-state index < -0.39 is 103 Å². The van der Waals surface area contributed by atoms with Gasteiger partial charge in [-0.2, -0.15) is 4.98 Å². The average Bonchev–Trinajstić information content (AvgIpc) is 1.49. The number of aromatic nitrogens is 5. The van der Waals surface area contributed by atoms with E-state index in [-0.39, 0.29) is 67.5 Å². The highest BCUT2D eigenvalue weighted by Gasteiger charge is 2.77. The normalized spacial score (nSPS) is 21.6. The van der Waals surface area contributed by atoms with E-state index in [1.165, 1.54) is 25.4 Å². The number of fused-ring (bicyclic) bond motifs is 3. The Hall–Kier alpha value is -10.2. The van der Waals surface area contributed by atoms with Gasteiger partial charge in [0.15, 0.2) is 11.2 Å². The Morgan fingerprint density at radius 1 is 0.850 bits per heavy atom. The number of nitrogens with zero attached hydrogens (tertiary/aromatic N) is 5. The first-order valence-electron chi connectivity index (χ1n) is 38.9. The zero-order valence-electron chi connectivity index (χ0n) is 65.8. The number of benzene rings is 5. The number of hydrogen-bond donors (Lipinski definition) is 13. The van der Waals surface area contributed by atoms with E-state index >= 15 is 4.79 Å². The fourth-order valence-corrected chi connectivity index (χ4v) is 27.2. The van der Waals surface area contributed by atoms with Crippen LogP contribution in [-0.2, 0) is 51.8 Å². The number of nitrogen functional groups attached to an aromatic ring is 1. The molecular formula is C83H105N13O15Si2. The summed E-state index contributed by atoms with van der Waals surface area (Å²) < 4.78 is 19.9. The number of nitrogens with two attached hydrogens (primary N) is 1. The van der Waals surface area contributed by atoms with Crippen LogP contribution >= 0.6 is 0 Å². The highest BCUT2D eigenvalue weighted by atomic mass is 28.4. The third-order valence-corrected chi connectivity index (χ3v) is 32.6. The lowest BCUT2D eigenvalue weighted by Crippen LogP contribution is -2.80. The first-order chi connectivity index (χ1) is 53.9. The summed E-state index contributed by atoms with van der Waals surface area (Å²) in [5, 5.41) is 76.6. The number of aliphatic hydroxyl groups is 3. The van der Waals surface area contributed by atoms with Crippen molar-refractivity contribution in [2.24, 2.45) is 5.41 Å². The van der Waals surface area contributed by atoms with Gasteiger partial charge in [0.2, 0.25) is 28.5 Å². The van der Waals surface area contributed by atoms with Crippen LogP contribution in [0.2, 0.25) is 25.7 Å². The molecule has 1 saturated heterocycles. The Labute approximate surface area is 658 Å². The standard InChI is InChI=1S/C83H105N13O15Si2/c1-11-79(4,107)37-17-39-81(77(106)110-7,68-58(36-41-85-13-3)57-19-14-15-20-61(57)91-68)60-45-59-63(46-64(60)109-6)95(5)75-82(59)40-43-96-42-18-38-80(12-2,74(82)96)76(105)83(75,108)49-88-70(100)50-24-30-55(31-25-50)112(8,9)111-113(10,44-16-21-66(98)99)56-32-28-53(29-33-56)89-65(97)35-34-62(73(103)104)92-71(101)51-22-26-52(27-23-51)86-47-54-48-87-69-67(90-54)72(102)94-78(84)93-69/h14-15,18-20,22-33,38,45-46,48,62,74-76,85-86,91,105,107-108H,11-13,16-17,21,34-37,39-44,47,49H2,1-10H3,(H,88,100)(H,89,97)(H,92,101)(H,98,99)(H,103,104)(H3,84,87,93,94,102)/t62-,74+,75+,76+,79-,80+,81-,82+,83-,113?/m0/s1. The van der Waals surface area contributed by atoms with E-state index in [0.29, 0.717) is 110 Å². The Morgan fingerprint density at radius 2 is 1.55 bits per heavy atom. The number of carbonyl (C=O) groups is 6. The number of esters is 1. The molecule has 14 N–H and O–H groups in total. The molecule has 12 rings (SSSR count). The second kappa shape index (κ2) is 33.1. The first kappa shape index (κ1) is 82.3. The molecule has 3 aliphatic heterocycles. The summed E-state index contributed by atoms with van der Waals surface area (Å²) in [4.78, 5) is 117. The first-order valence-corrected chi connectivity index (χ1v) is 44.4. The minimum atomic E-state index is -3.04. The van der Waals surface area contributed by atoms with E-state index in [0.717, 1.165) is 44.6 Å². The summed E-state index contributed by atoms with van der Waals surface area (Å²) in [7, 11) is -1.05. The maximum Gasteiger partial charge on any atom is 0.326 e. The van der Waals surface area contributed by atoms with Gasteiger partial charge in [-0.05, 0) is 192 Å². The molecule has 1 unspecified atom stereocenters. The Morgan fingerprint density at radius 3 is 2.23 bits per heavy atom. The van der Waals surface area contributed by atoms with Gasteiger partial charge >= 0.3 is 17.9 Å². The number of aliphatic carboxylic acids is 2. The minimum absolute atomic E-state index is 0.0247. The predicted molar refractivity (Wildman–Crippen MR) is 437 cm³/mol. The van der Waals surface area contributed by atoms with Gasteiger partial charge < -0.3 is 81.3 Å². The number of hydrogen-bond acceptors (Lipinski definition) is 21. The van der Waals surface area contributed by atoms with Crippen molar-refractivity contribution in [3.8, 4) is 5.75 Å². The Balaban J connectivity index is 0.752. The van der Waals surface area contributed by atoms with Crippen LogP contribution in [0.3, 0.4) is 0 Å². The largest absolute Gasteiger partial charge is 0.496 e. The molecule has 6 heterocycles. The SMILES string of the molecule is CCNCCc1c([C@@](CCC[C@@](C)(O)CC)(C(=O)OC)c2cc3c(cc2OC)N(C)[C@H]2[C@@](O)(CNC(=O)c4ccc([Si](C)(C)O[Si](C)(CCCC(=O)O)c5ccc(NC(=O)CC[C@H](NC(=O)c6ccc(NCc7cnc8nc(N)[nH]c(=O)c8n7)cc6)C(=O)O)cc5)cc4)[C@H](O)[C@]4(CC)C=CCN5CC[C@]32[C@H]54)[nH]c2ccccc12. The molecule has 10 atom stereocenters. The Bertz CT molecular complexity index is 4990. The van der Waals surface area contributed by atoms with E-state index in [1.807, 2.05) is 101 Å². The van der Waals surface area contributed by atoms with Gasteiger partial charge in [0.1, 0.15) is 22.8 Å². The summed E-state index contributed by atoms with van der Waals surface area (Å²) >= 11 is 0. The zero-order valence-corrected chi connectivity index (χ0v) is 67.8. The van der Waals surface area contributed by atoms with Gasteiger partial charge in [0, 0.05) is 99.7 Å². The van der Waals surface area contributed by atoms with Gasteiger partial charge in [-0.15, -0.1) is 0 Å². The second-order valence-electron chi connectivity index (χ2n) is 31.6. The van der Waals surface area contributed by atoms with E-state index in [4.69, 9.17) is 19.3 Å². The molecule has 1 saturated carbocycles. The topological polar surface area (TPSA) is 411 Å². The van der Waals surface area contributed by atoms with Gasteiger partial charge in [0.05, 0.1) is 56.9 Å². The number of aromatic amines is 2. The van der Waals surface area contributed by atoms with Crippen molar-refractivity contribution >= 4 is 108 Å². The number of rotatable bonds is 35. The summed E-state index contributed by atoms with van der Waals surface area (Å²) in [6, 6.07) is 30.5. The molecule has 600 valence electrons. The van der Waals surface area contributed by atoms with Crippen molar-refractivity contribution in [1.29, 1.82) is 0 Å². The lowest BCUT2D eigenvalue weighted by atomic mass is 9.47. The van der Waals surface area contributed by atoms with Gasteiger partial charge in [0.25, 0.3) is 17.4 Å². The van der Waals surface area contributed by atoms with E-state index in [1.54, 1.807) is 43.5 Å². The molecule has 3 amide bonds. The fourth-order valence-electron chi connectivity index (χ4n) is 18.4. The molecule has 4 aliphatic rings. The number of methoxy groups -OCH3 is 2. The Kier molecular flexibility index (Phi) is 24.1. The summed E-state index contributed by atoms with van der Waals surface area (Å²) in [6.07, 6.45) is 7.13. The molecule has 5 aromatic carbocycles. The van der Waals surface area contributed by atoms with Crippen molar-refractivity contribution in [3.05, 3.63) is 177 Å². The molecule has 30 heteroatoms. The molecule has 28 nitrogen and oxygen atoms in total.